The number of nitrogens with one attached hydrogen (secondary N) is 2. The topological polar surface area (TPSA) is 270 Å². The predicted octanol–water partition coefficient (Wildman–Crippen LogP) is -0.554. The summed E-state index contributed by atoms with van der Waals surface area (Å²) >= 11 is 0.969. The summed E-state index contributed by atoms with van der Waals surface area (Å²) in [4.78, 5) is 53.0. The molecule has 20 heteroatoms. The van der Waals surface area contributed by atoms with Crippen molar-refractivity contribution in [3.8, 4) is 5.75 Å². The molecule has 258 valence electrons. The van der Waals surface area contributed by atoms with Crippen molar-refractivity contribution in [1.29, 1.82) is 0 Å². The smallest absolute Gasteiger partial charge is 0.418 e. The molecule has 4 heterocycles. The van der Waals surface area contributed by atoms with Gasteiger partial charge in [-0.1, -0.05) is 5.16 Å². The Bertz CT molecular complexity index is 1840. The molecule has 0 bridgehead atoms. The monoisotopic (exact) mass is 706 g/mol. The summed E-state index contributed by atoms with van der Waals surface area (Å²) in [5, 5.41) is 21.7. The first kappa shape index (κ1) is 33.5. The molecule has 48 heavy (non-hydrogen) atoms. The number of amidine groups is 1. The van der Waals surface area contributed by atoms with E-state index in [4.69, 9.17) is 30.6 Å². The van der Waals surface area contributed by atoms with E-state index in [0.29, 0.717) is 34.9 Å². The number of nitrogen functional groups attached to an aromatic ring is 1. The molecule has 8 N–H and O–H groups in total. The van der Waals surface area contributed by atoms with Crippen LogP contribution in [0.15, 0.2) is 33.7 Å². The van der Waals surface area contributed by atoms with Crippen LogP contribution in [-0.2, 0) is 40.3 Å². The molecule has 2 aromatic rings. The van der Waals surface area contributed by atoms with Gasteiger partial charge in [-0.15, -0.1) is 15.6 Å². The van der Waals surface area contributed by atoms with Crippen LogP contribution in [0.2, 0.25) is 0 Å². The average Bonchev–Trinajstić information content (AvgIpc) is 3.33. The number of oxime groups is 1. The van der Waals surface area contributed by atoms with E-state index in [0.717, 1.165) is 35.6 Å². The summed E-state index contributed by atoms with van der Waals surface area (Å²) in [6, 6.07) is 4.22. The maximum atomic E-state index is 13.4. The van der Waals surface area contributed by atoms with Crippen LogP contribution < -0.4 is 26.8 Å². The highest BCUT2D eigenvalue weighted by molar-refractivity contribution is 7.80. The molecule has 6 rings (SSSR count). The van der Waals surface area contributed by atoms with Gasteiger partial charge in [0, 0.05) is 35.9 Å². The van der Waals surface area contributed by atoms with Crippen molar-refractivity contribution in [3.05, 3.63) is 40.4 Å². The van der Waals surface area contributed by atoms with Gasteiger partial charge in [-0.05, 0) is 57.4 Å². The van der Waals surface area contributed by atoms with Crippen LogP contribution in [0, 0.1) is 11.8 Å². The van der Waals surface area contributed by atoms with Crippen molar-refractivity contribution in [2.24, 2.45) is 27.7 Å². The molecule has 0 spiro atoms. The number of carbonyl (C=O) groups is 3. The van der Waals surface area contributed by atoms with Crippen LogP contribution in [0.4, 0.5) is 5.13 Å². The van der Waals surface area contributed by atoms with Gasteiger partial charge in [0.1, 0.15) is 23.3 Å². The van der Waals surface area contributed by atoms with E-state index in [1.165, 1.54) is 26.2 Å². The van der Waals surface area contributed by atoms with Gasteiger partial charge in [0.25, 0.3) is 17.4 Å². The van der Waals surface area contributed by atoms with Gasteiger partial charge in [-0.25, -0.2) is 9.78 Å². The average molecular weight is 707 g/mol. The number of aliphatic imine (C=N–C) groups is 1. The zero-order chi connectivity index (χ0) is 34.8. The number of hydroxylamine groups is 2. The maximum absolute atomic E-state index is 13.4. The molecule has 1 saturated carbocycles. The normalized spacial score (nSPS) is 27.5. The van der Waals surface area contributed by atoms with Crippen molar-refractivity contribution in [2.45, 2.75) is 62.9 Å². The summed E-state index contributed by atoms with van der Waals surface area (Å²) in [7, 11) is -5.02. The standard InChI is InChI=1S/C28H34N8O10S2/c1-27(2)21(24(38)36(27)46-48(41,42)43)34-23(37)20(16-11-47-26(30)32-16)35-45-28(3,25(39)40)18-7-5-12-8-13(4-6-17(12)44-18)22(29)33-19-14-9-31-10-15(14)19/h4,6,8,11,14-15,18-19,21,31H,5,7,9-10H2,1-3H3,(H2,29,33)(H2,30,32)(H,34,37)(H,39,40)(H,41,42,43)/t14-,15+,18?,19?,21?,28?. The Hall–Kier alpha value is -4.37. The quantitative estimate of drug-likeness (QED) is 0.0563. The number of β-lactam (4-membered cyclic amide) rings is 1. The molecule has 1 aromatic heterocycles. The van der Waals surface area contributed by atoms with Crippen LogP contribution in [0.1, 0.15) is 44.0 Å². The predicted molar refractivity (Wildman–Crippen MR) is 169 cm³/mol. The number of anilines is 1. The Balaban J connectivity index is 1.19. The summed E-state index contributed by atoms with van der Waals surface area (Å²) in [6.45, 7) is 5.88. The fraction of sp³-hybridized carbons (Fsp3) is 0.500. The minimum Gasteiger partial charge on any atom is -0.485 e. The summed E-state index contributed by atoms with van der Waals surface area (Å²) < 4.78 is 41.7. The summed E-state index contributed by atoms with van der Waals surface area (Å²) in [5.74, 6) is -1.52. The van der Waals surface area contributed by atoms with Gasteiger partial charge in [-0.3, -0.25) is 19.1 Å². The first-order valence-electron chi connectivity index (χ1n) is 14.9. The fourth-order valence-corrected chi connectivity index (χ4v) is 7.15. The Morgan fingerprint density at radius 3 is 2.60 bits per heavy atom. The van der Waals surface area contributed by atoms with Gasteiger partial charge >= 0.3 is 16.4 Å². The number of amides is 2. The lowest BCUT2D eigenvalue weighted by molar-refractivity contribution is -0.218. The molecule has 3 aliphatic heterocycles. The lowest BCUT2D eigenvalue weighted by atomic mass is 9.84. The minimum absolute atomic E-state index is 0.0635. The second kappa shape index (κ2) is 11.9. The third-order valence-corrected chi connectivity index (χ3v) is 10.1. The van der Waals surface area contributed by atoms with Gasteiger partial charge in [0.05, 0.1) is 11.6 Å². The fourth-order valence-electron chi connectivity index (χ4n) is 6.14. The van der Waals surface area contributed by atoms with E-state index in [1.54, 1.807) is 12.1 Å². The maximum Gasteiger partial charge on any atom is 0.418 e. The van der Waals surface area contributed by atoms with E-state index in [1.807, 2.05) is 6.07 Å². The number of nitrogens with two attached hydrogens (primary N) is 2. The number of aryl methyl sites for hydroxylation is 1. The van der Waals surface area contributed by atoms with E-state index < -0.39 is 57.2 Å². The number of piperidine rings is 1. The molecule has 3 fully saturated rings. The van der Waals surface area contributed by atoms with Crippen LogP contribution in [0.3, 0.4) is 0 Å². The summed E-state index contributed by atoms with van der Waals surface area (Å²) in [5.41, 5.74) is 9.50. The van der Waals surface area contributed by atoms with Gasteiger partial charge in [0.15, 0.2) is 16.9 Å². The number of thiazole rings is 1. The van der Waals surface area contributed by atoms with Crippen molar-refractivity contribution in [3.63, 3.8) is 0 Å². The van der Waals surface area contributed by atoms with Crippen LogP contribution in [-0.4, -0.2) is 99.9 Å². The number of carboxylic acids is 1. The molecular weight excluding hydrogens is 672 g/mol. The lowest BCUT2D eigenvalue weighted by Gasteiger charge is -2.50. The van der Waals surface area contributed by atoms with Crippen molar-refractivity contribution in [1.82, 2.24) is 20.7 Å². The number of hydrogen-bond acceptors (Lipinski definition) is 14. The largest absolute Gasteiger partial charge is 0.485 e. The Labute approximate surface area is 278 Å². The number of hydrogen-bond donors (Lipinski definition) is 6. The van der Waals surface area contributed by atoms with Gasteiger partial charge in [-0.2, -0.15) is 13.5 Å². The molecule has 0 radical (unpaired) electrons. The zero-order valence-electron chi connectivity index (χ0n) is 25.9. The highest BCUT2D eigenvalue weighted by Crippen LogP contribution is 2.44. The Morgan fingerprint density at radius 2 is 2.00 bits per heavy atom. The highest BCUT2D eigenvalue weighted by atomic mass is 32.3. The number of benzene rings is 1. The molecule has 1 aliphatic carbocycles. The second-order valence-corrected chi connectivity index (χ2v) is 14.6. The van der Waals surface area contributed by atoms with Crippen molar-refractivity contribution < 1.29 is 46.3 Å². The number of carboxylic acid groups (broad SMARTS) is 1. The molecule has 2 amide bonds. The molecule has 4 aliphatic rings. The van der Waals surface area contributed by atoms with E-state index in [-0.39, 0.29) is 23.3 Å². The number of fused-ring (bicyclic) bond motifs is 2. The highest BCUT2D eigenvalue weighted by Gasteiger charge is 2.58. The van der Waals surface area contributed by atoms with Crippen LogP contribution in [0.5, 0.6) is 5.75 Å². The number of ether oxygens (including phenoxy) is 1. The van der Waals surface area contributed by atoms with Crippen molar-refractivity contribution >= 4 is 56.2 Å². The molecule has 1 aromatic carbocycles. The Morgan fingerprint density at radius 1 is 1.29 bits per heavy atom. The lowest BCUT2D eigenvalue weighted by Crippen LogP contribution is -2.76. The number of aromatic nitrogens is 1. The third kappa shape index (κ3) is 6.16. The van der Waals surface area contributed by atoms with Crippen molar-refractivity contribution in [2.75, 3.05) is 18.8 Å². The SMILES string of the molecule is CC(ON=C(C(=O)NC1C(=O)N(OS(=O)(=O)O)C1(C)C)c1csc(N)n1)(C(=O)O)C1CCc2cc(C(N)=NC3[C@H]4CNC[C@@H]34)ccc2O1. The molecule has 4 unspecified atom stereocenters. The molecule has 2 saturated heterocycles. The van der Waals surface area contributed by atoms with E-state index in [2.05, 4.69) is 25.1 Å². The zero-order valence-corrected chi connectivity index (χ0v) is 27.6. The van der Waals surface area contributed by atoms with Crippen LogP contribution in [0.25, 0.3) is 0 Å². The summed E-state index contributed by atoms with van der Waals surface area (Å²) in [6.07, 6.45) is -0.416. The van der Waals surface area contributed by atoms with E-state index in [9.17, 15) is 27.9 Å². The number of nitrogens with zero attached hydrogens (tertiary/aromatic N) is 4. The third-order valence-electron chi connectivity index (χ3n) is 9.10. The van der Waals surface area contributed by atoms with Gasteiger partial charge < -0.3 is 36.8 Å². The Kier molecular flexibility index (Phi) is 8.35. The number of rotatable bonds is 11. The first-order valence-corrected chi connectivity index (χ1v) is 17.1. The number of aliphatic carboxylic acids is 1. The molecular formula is C28H34N8O10S2. The number of carbonyl (C=O) groups excluding carboxylic acids is 2. The first-order chi connectivity index (χ1) is 22.5. The minimum atomic E-state index is -5.02. The second-order valence-electron chi connectivity index (χ2n) is 12.7. The van der Waals surface area contributed by atoms with E-state index >= 15 is 0 Å². The van der Waals surface area contributed by atoms with Gasteiger partial charge in [0.2, 0.25) is 0 Å². The molecule has 6 atom stereocenters. The van der Waals surface area contributed by atoms with Crippen LogP contribution >= 0.6 is 11.3 Å². The molecule has 18 nitrogen and oxygen atoms in total.